The highest BCUT2D eigenvalue weighted by atomic mass is 35.5. The van der Waals surface area contributed by atoms with Gasteiger partial charge in [-0.3, -0.25) is 0 Å². The Morgan fingerprint density at radius 2 is 1.81 bits per heavy atom. The van der Waals surface area contributed by atoms with Crippen molar-refractivity contribution in [1.29, 1.82) is 0 Å². The number of rotatable bonds is 4. The number of hydrogen-bond acceptors (Lipinski definition) is 6. The molecule has 1 aliphatic rings. The monoisotopic (exact) mass is 469 g/mol. The summed E-state index contributed by atoms with van der Waals surface area (Å²) in [7, 11) is -3.88. The highest BCUT2D eigenvalue weighted by Crippen LogP contribution is 2.33. The average Bonchev–Trinajstić information content (AvgIpc) is 3.24. The van der Waals surface area contributed by atoms with Crippen LogP contribution in [0.5, 0.6) is 0 Å². The molecule has 4 aromatic rings. The molecule has 3 heterocycles. The molecule has 2 aromatic carbocycles. The summed E-state index contributed by atoms with van der Waals surface area (Å²) in [6, 6.07) is 12.3. The summed E-state index contributed by atoms with van der Waals surface area (Å²) < 4.78 is 28.4. The van der Waals surface area contributed by atoms with Gasteiger partial charge in [0.2, 0.25) is 14.9 Å². The van der Waals surface area contributed by atoms with Crippen LogP contribution in [0.4, 0.5) is 5.82 Å². The molecule has 0 bridgehead atoms. The molecule has 0 saturated carbocycles. The lowest BCUT2D eigenvalue weighted by Gasteiger charge is -2.32. The van der Waals surface area contributed by atoms with Gasteiger partial charge < -0.3 is 4.90 Å². The summed E-state index contributed by atoms with van der Waals surface area (Å²) in [4.78, 5) is 7.19. The average molecular weight is 470 g/mol. The molecular weight excluding hydrogens is 446 g/mol. The third-order valence-electron chi connectivity index (χ3n) is 6.24. The molecule has 7 nitrogen and oxygen atoms in total. The number of aryl methyl sites for hydroxylation is 1. The number of nitrogens with zero attached hydrogens (tertiary/aromatic N) is 5. The number of hydrogen-bond donors (Lipinski definition) is 0. The molecule has 0 atom stereocenters. The van der Waals surface area contributed by atoms with Crippen LogP contribution in [-0.4, -0.2) is 41.3 Å². The molecule has 5 rings (SSSR count). The van der Waals surface area contributed by atoms with Gasteiger partial charge in [-0.1, -0.05) is 42.8 Å². The van der Waals surface area contributed by atoms with Gasteiger partial charge in [-0.05, 0) is 61.1 Å². The van der Waals surface area contributed by atoms with E-state index in [1.165, 1.54) is 4.52 Å². The minimum Gasteiger partial charge on any atom is -0.356 e. The van der Waals surface area contributed by atoms with Crippen LogP contribution in [0, 0.1) is 5.92 Å². The summed E-state index contributed by atoms with van der Waals surface area (Å²) in [5.74, 6) is 1.38. The quantitative estimate of drug-likeness (QED) is 0.435. The van der Waals surface area contributed by atoms with E-state index in [-0.39, 0.29) is 15.6 Å². The summed E-state index contributed by atoms with van der Waals surface area (Å²) in [6.45, 7) is 5.99. The van der Waals surface area contributed by atoms with Crippen molar-refractivity contribution in [3.8, 4) is 0 Å². The van der Waals surface area contributed by atoms with E-state index >= 15 is 0 Å². The Bertz CT molecular complexity index is 1410. The van der Waals surface area contributed by atoms with Gasteiger partial charge in [-0.25, -0.2) is 13.4 Å². The number of benzene rings is 2. The minimum absolute atomic E-state index is 0.134. The van der Waals surface area contributed by atoms with Crippen LogP contribution in [0.15, 0.2) is 52.4 Å². The number of halogens is 1. The Labute approximate surface area is 191 Å². The van der Waals surface area contributed by atoms with Crippen molar-refractivity contribution in [1.82, 2.24) is 19.8 Å². The van der Waals surface area contributed by atoms with Crippen LogP contribution in [0.3, 0.4) is 0 Å². The minimum atomic E-state index is -3.88. The van der Waals surface area contributed by atoms with E-state index in [1.54, 1.807) is 18.2 Å². The maximum absolute atomic E-state index is 13.4. The van der Waals surface area contributed by atoms with E-state index in [0.29, 0.717) is 10.9 Å². The number of piperidine rings is 1. The normalized spacial score (nSPS) is 15.7. The first-order chi connectivity index (χ1) is 15.4. The smallest absolute Gasteiger partial charge is 0.229 e. The lowest BCUT2D eigenvalue weighted by atomic mass is 9.99. The van der Waals surface area contributed by atoms with E-state index < -0.39 is 9.84 Å². The molecule has 0 N–H and O–H groups in total. The molecule has 2 aromatic heterocycles. The zero-order valence-electron chi connectivity index (χ0n) is 18.0. The van der Waals surface area contributed by atoms with Gasteiger partial charge in [-0.15, -0.1) is 5.10 Å². The number of anilines is 1. The van der Waals surface area contributed by atoms with Crippen molar-refractivity contribution in [3.63, 3.8) is 0 Å². The van der Waals surface area contributed by atoms with E-state index in [2.05, 4.69) is 22.1 Å². The summed E-state index contributed by atoms with van der Waals surface area (Å²) >= 11 is 6.30. The summed E-state index contributed by atoms with van der Waals surface area (Å²) in [6.07, 6.45) is 2.95. The van der Waals surface area contributed by atoms with E-state index in [0.717, 1.165) is 54.6 Å². The maximum atomic E-state index is 13.4. The topological polar surface area (TPSA) is 80.5 Å². The number of sulfone groups is 1. The molecule has 0 radical (unpaired) electrons. The molecule has 32 heavy (non-hydrogen) atoms. The van der Waals surface area contributed by atoms with Crippen LogP contribution < -0.4 is 4.90 Å². The molecular formula is C23H24ClN5O2S. The van der Waals surface area contributed by atoms with Gasteiger partial charge in [0.15, 0.2) is 5.65 Å². The predicted molar refractivity (Wildman–Crippen MR) is 125 cm³/mol. The molecule has 0 aliphatic carbocycles. The first-order valence-electron chi connectivity index (χ1n) is 10.8. The van der Waals surface area contributed by atoms with E-state index in [4.69, 9.17) is 16.6 Å². The molecule has 0 spiro atoms. The first kappa shape index (κ1) is 21.2. The Hall–Kier alpha value is -2.71. The van der Waals surface area contributed by atoms with Gasteiger partial charge in [0.1, 0.15) is 5.82 Å². The lowest BCUT2D eigenvalue weighted by Crippen LogP contribution is -2.33. The fourth-order valence-corrected chi connectivity index (χ4v) is 5.61. The van der Waals surface area contributed by atoms with Crippen LogP contribution in [0.1, 0.15) is 32.3 Å². The molecule has 1 aliphatic heterocycles. The van der Waals surface area contributed by atoms with Crippen molar-refractivity contribution in [3.05, 3.63) is 53.1 Å². The van der Waals surface area contributed by atoms with Crippen molar-refractivity contribution in [2.24, 2.45) is 5.92 Å². The zero-order chi connectivity index (χ0) is 22.5. The standard InChI is InChI=1S/C23H24ClN5O2S/c1-3-16-4-7-18(8-5-16)32(30,31)23-22-25-21(28-12-10-15(2)11-13-28)19-14-17(24)6-9-20(19)29(22)27-26-23/h4-9,14-15H,3,10-13H2,1-2H3. The fraction of sp³-hybridized carbons (Fsp3) is 0.348. The second kappa shape index (κ2) is 8.01. The fourth-order valence-electron chi connectivity index (χ4n) is 4.20. The van der Waals surface area contributed by atoms with E-state index in [9.17, 15) is 8.42 Å². The zero-order valence-corrected chi connectivity index (χ0v) is 19.6. The number of fused-ring (bicyclic) bond motifs is 3. The first-order valence-corrected chi connectivity index (χ1v) is 12.7. The Kier molecular flexibility index (Phi) is 5.29. The van der Waals surface area contributed by atoms with Crippen molar-refractivity contribution < 1.29 is 8.42 Å². The second-order valence-electron chi connectivity index (χ2n) is 8.40. The van der Waals surface area contributed by atoms with Crippen molar-refractivity contribution in [2.45, 2.75) is 43.0 Å². The van der Waals surface area contributed by atoms with Gasteiger partial charge >= 0.3 is 0 Å². The summed E-state index contributed by atoms with van der Waals surface area (Å²) in [5, 5.41) is 9.52. The largest absolute Gasteiger partial charge is 0.356 e. The molecule has 0 unspecified atom stereocenters. The van der Waals surface area contributed by atoms with Crippen LogP contribution in [-0.2, 0) is 16.3 Å². The van der Waals surface area contributed by atoms with Gasteiger partial charge in [0, 0.05) is 23.5 Å². The molecule has 166 valence electrons. The highest BCUT2D eigenvalue weighted by Gasteiger charge is 2.28. The van der Waals surface area contributed by atoms with Gasteiger partial charge in [0.05, 0.1) is 10.4 Å². The van der Waals surface area contributed by atoms with Crippen LogP contribution in [0.25, 0.3) is 16.6 Å². The van der Waals surface area contributed by atoms with Gasteiger partial charge in [-0.2, -0.15) is 4.52 Å². The third kappa shape index (κ3) is 3.51. The molecule has 1 fully saturated rings. The molecule has 9 heteroatoms. The van der Waals surface area contributed by atoms with Gasteiger partial charge in [0.25, 0.3) is 0 Å². The number of aromatic nitrogens is 4. The Balaban J connectivity index is 1.72. The van der Waals surface area contributed by atoms with Crippen molar-refractivity contribution >= 4 is 43.8 Å². The van der Waals surface area contributed by atoms with E-state index in [1.807, 2.05) is 31.2 Å². The Morgan fingerprint density at radius 1 is 1.09 bits per heavy atom. The highest BCUT2D eigenvalue weighted by molar-refractivity contribution is 7.91. The lowest BCUT2D eigenvalue weighted by molar-refractivity contribution is 0.437. The van der Waals surface area contributed by atoms with Crippen molar-refractivity contribution in [2.75, 3.05) is 18.0 Å². The molecule has 1 saturated heterocycles. The van der Waals surface area contributed by atoms with Crippen LogP contribution >= 0.6 is 11.6 Å². The Morgan fingerprint density at radius 3 is 2.50 bits per heavy atom. The predicted octanol–water partition coefficient (Wildman–Crippen LogP) is 4.56. The maximum Gasteiger partial charge on any atom is 0.229 e. The SMILES string of the molecule is CCc1ccc(S(=O)(=O)c2nnn3c2nc(N2CCC(C)CC2)c2cc(Cl)ccc23)cc1. The third-order valence-corrected chi connectivity index (χ3v) is 8.14. The summed E-state index contributed by atoms with van der Waals surface area (Å²) in [5.41, 5.74) is 2.02. The molecule has 0 amide bonds. The van der Waals surface area contributed by atoms with Crippen LogP contribution in [0.2, 0.25) is 5.02 Å². The second-order valence-corrected chi connectivity index (χ2v) is 10.7.